The molecule has 0 fully saturated rings. The van der Waals surface area contributed by atoms with Crippen LogP contribution in [0.1, 0.15) is 11.5 Å². The van der Waals surface area contributed by atoms with E-state index in [4.69, 9.17) is 11.6 Å². The van der Waals surface area contributed by atoms with Crippen LogP contribution >= 0.6 is 11.6 Å². The summed E-state index contributed by atoms with van der Waals surface area (Å²) in [6.45, 7) is 1.54. The van der Waals surface area contributed by atoms with Gasteiger partial charge >= 0.3 is 6.18 Å². The van der Waals surface area contributed by atoms with Crippen molar-refractivity contribution in [2.75, 3.05) is 0 Å². The first-order chi connectivity index (χ1) is 7.88. The fourth-order valence-electron chi connectivity index (χ4n) is 1.51. The van der Waals surface area contributed by atoms with Crippen molar-refractivity contribution in [1.29, 1.82) is 0 Å². The van der Waals surface area contributed by atoms with E-state index in [0.29, 0.717) is 16.3 Å². The van der Waals surface area contributed by atoms with Crippen LogP contribution in [0.4, 0.5) is 13.2 Å². The van der Waals surface area contributed by atoms with Gasteiger partial charge in [-0.15, -0.1) is 0 Å². The summed E-state index contributed by atoms with van der Waals surface area (Å²) >= 11 is 5.78. The third-order valence-electron chi connectivity index (χ3n) is 2.25. The zero-order chi connectivity index (χ0) is 12.6. The first kappa shape index (κ1) is 12.0. The van der Waals surface area contributed by atoms with Gasteiger partial charge in [-0.05, 0) is 19.1 Å². The zero-order valence-corrected chi connectivity index (χ0v) is 9.52. The molecule has 90 valence electrons. The predicted octanol–water partition coefficient (Wildman–Crippen LogP) is 4.06. The maximum Gasteiger partial charge on any atom is 0.449 e. The largest absolute Gasteiger partial charge is 0.449 e. The molecule has 0 saturated carbocycles. The van der Waals surface area contributed by atoms with Crippen molar-refractivity contribution in [3.63, 3.8) is 0 Å². The average molecular weight is 261 g/mol. The van der Waals surface area contributed by atoms with Crippen molar-refractivity contribution < 1.29 is 13.2 Å². The normalized spacial score (nSPS) is 11.8. The van der Waals surface area contributed by atoms with Crippen LogP contribution in [-0.4, -0.2) is 9.97 Å². The van der Waals surface area contributed by atoms with Gasteiger partial charge in [-0.25, -0.2) is 4.98 Å². The van der Waals surface area contributed by atoms with Gasteiger partial charge in [0.2, 0.25) is 5.82 Å². The number of hydrogen-bond donors (Lipinski definition) is 1. The molecule has 2 nitrogen and oxygen atoms in total. The zero-order valence-electron chi connectivity index (χ0n) is 8.77. The molecular formula is C11H8ClF3N2. The number of nitrogens with zero attached hydrogens (tertiary/aromatic N) is 1. The first-order valence-electron chi connectivity index (χ1n) is 4.77. The van der Waals surface area contributed by atoms with Crippen LogP contribution in [0.15, 0.2) is 24.3 Å². The highest BCUT2D eigenvalue weighted by Gasteiger charge is 2.35. The summed E-state index contributed by atoms with van der Waals surface area (Å²) < 4.78 is 37.4. The van der Waals surface area contributed by atoms with Crippen LogP contribution in [0.25, 0.3) is 11.3 Å². The molecule has 0 saturated heterocycles. The second kappa shape index (κ2) is 4.07. The number of aromatic nitrogens is 2. The third kappa shape index (κ3) is 2.44. The summed E-state index contributed by atoms with van der Waals surface area (Å²) in [5.41, 5.74) is 1.18. The lowest BCUT2D eigenvalue weighted by atomic mass is 10.1. The minimum absolute atomic E-state index is 0.264. The molecule has 17 heavy (non-hydrogen) atoms. The van der Waals surface area contributed by atoms with Crippen molar-refractivity contribution in [2.45, 2.75) is 13.1 Å². The van der Waals surface area contributed by atoms with E-state index in [9.17, 15) is 13.2 Å². The summed E-state index contributed by atoms with van der Waals surface area (Å²) in [4.78, 5) is 5.78. The summed E-state index contributed by atoms with van der Waals surface area (Å²) in [5.74, 6) is -0.995. The van der Waals surface area contributed by atoms with E-state index in [-0.39, 0.29) is 5.69 Å². The van der Waals surface area contributed by atoms with E-state index >= 15 is 0 Å². The SMILES string of the molecule is Cc1[nH]c(C(F)(F)F)nc1-c1cccc(Cl)c1. The first-order valence-corrected chi connectivity index (χ1v) is 5.15. The molecule has 0 radical (unpaired) electrons. The molecule has 2 aromatic rings. The van der Waals surface area contributed by atoms with Crippen LogP contribution in [0, 0.1) is 6.92 Å². The van der Waals surface area contributed by atoms with E-state index in [2.05, 4.69) is 9.97 Å². The maximum atomic E-state index is 12.5. The number of halogens is 4. The number of aromatic amines is 1. The molecule has 2 rings (SSSR count). The highest BCUT2D eigenvalue weighted by Crippen LogP contribution is 2.31. The number of benzene rings is 1. The lowest BCUT2D eigenvalue weighted by Crippen LogP contribution is -2.07. The van der Waals surface area contributed by atoms with Crippen LogP contribution in [0.2, 0.25) is 5.02 Å². The van der Waals surface area contributed by atoms with Gasteiger partial charge in [-0.1, -0.05) is 23.7 Å². The molecule has 0 aliphatic carbocycles. The van der Waals surface area contributed by atoms with Gasteiger partial charge in [-0.2, -0.15) is 13.2 Å². The second-order valence-electron chi connectivity index (χ2n) is 3.57. The fraction of sp³-hybridized carbons (Fsp3) is 0.182. The standard InChI is InChI=1S/C11H8ClF3N2/c1-6-9(7-3-2-4-8(12)5-7)17-10(16-6)11(13,14)15/h2-5H,1H3,(H,16,17). The minimum atomic E-state index is -4.47. The summed E-state index contributed by atoms with van der Waals surface area (Å²) in [5, 5.41) is 0.457. The monoisotopic (exact) mass is 260 g/mol. The Morgan fingerprint density at radius 1 is 1.29 bits per heavy atom. The summed E-state index contributed by atoms with van der Waals surface area (Å²) in [6, 6.07) is 6.55. The predicted molar refractivity (Wildman–Crippen MR) is 58.8 cm³/mol. The Labute approximate surface area is 100 Å². The Morgan fingerprint density at radius 2 is 2.00 bits per heavy atom. The second-order valence-corrected chi connectivity index (χ2v) is 4.00. The van der Waals surface area contributed by atoms with Crippen molar-refractivity contribution >= 4 is 11.6 Å². The van der Waals surface area contributed by atoms with Crippen LogP contribution < -0.4 is 0 Å². The van der Waals surface area contributed by atoms with Crippen molar-refractivity contribution in [2.24, 2.45) is 0 Å². The highest BCUT2D eigenvalue weighted by atomic mass is 35.5. The van der Waals surface area contributed by atoms with E-state index in [1.807, 2.05) is 0 Å². The van der Waals surface area contributed by atoms with E-state index < -0.39 is 12.0 Å². The van der Waals surface area contributed by atoms with E-state index in [1.54, 1.807) is 31.2 Å². The quantitative estimate of drug-likeness (QED) is 0.823. The number of H-pyrrole nitrogens is 1. The lowest BCUT2D eigenvalue weighted by molar-refractivity contribution is -0.144. The molecule has 1 aromatic carbocycles. The number of nitrogens with one attached hydrogen (secondary N) is 1. The number of hydrogen-bond acceptors (Lipinski definition) is 1. The Bertz CT molecular complexity index is 546. The Hall–Kier alpha value is -1.49. The molecule has 1 aromatic heterocycles. The molecule has 1 N–H and O–H groups in total. The fourth-order valence-corrected chi connectivity index (χ4v) is 1.70. The highest BCUT2D eigenvalue weighted by molar-refractivity contribution is 6.30. The maximum absolute atomic E-state index is 12.5. The van der Waals surface area contributed by atoms with Gasteiger partial charge < -0.3 is 4.98 Å². The molecule has 6 heteroatoms. The Morgan fingerprint density at radius 3 is 2.53 bits per heavy atom. The molecule has 0 spiro atoms. The van der Waals surface area contributed by atoms with Gasteiger partial charge in [0.1, 0.15) is 0 Å². The third-order valence-corrected chi connectivity index (χ3v) is 2.49. The van der Waals surface area contributed by atoms with Gasteiger partial charge in [0.25, 0.3) is 0 Å². The summed E-state index contributed by atoms with van der Waals surface area (Å²) in [7, 11) is 0. The summed E-state index contributed by atoms with van der Waals surface area (Å²) in [6.07, 6.45) is -4.47. The number of rotatable bonds is 1. The molecule has 0 atom stereocenters. The number of imidazole rings is 1. The van der Waals surface area contributed by atoms with Crippen molar-refractivity contribution in [3.8, 4) is 11.3 Å². The van der Waals surface area contributed by atoms with Gasteiger partial charge in [-0.3, -0.25) is 0 Å². The molecule has 0 aliphatic heterocycles. The van der Waals surface area contributed by atoms with Crippen molar-refractivity contribution in [3.05, 3.63) is 40.8 Å². The van der Waals surface area contributed by atoms with Crippen LogP contribution in [0.5, 0.6) is 0 Å². The minimum Gasteiger partial charge on any atom is -0.338 e. The molecule has 0 bridgehead atoms. The smallest absolute Gasteiger partial charge is 0.338 e. The molecule has 0 aliphatic rings. The Balaban J connectivity index is 2.50. The van der Waals surface area contributed by atoms with E-state index in [1.165, 1.54) is 0 Å². The number of alkyl halides is 3. The topological polar surface area (TPSA) is 28.7 Å². The van der Waals surface area contributed by atoms with Crippen LogP contribution in [-0.2, 0) is 6.18 Å². The van der Waals surface area contributed by atoms with E-state index in [0.717, 1.165) is 0 Å². The van der Waals surface area contributed by atoms with Gasteiger partial charge in [0.15, 0.2) is 0 Å². The molecule has 0 unspecified atom stereocenters. The Kier molecular flexibility index (Phi) is 2.87. The number of aryl methyl sites for hydroxylation is 1. The van der Waals surface area contributed by atoms with Gasteiger partial charge in [0, 0.05) is 16.3 Å². The van der Waals surface area contributed by atoms with Crippen molar-refractivity contribution in [1.82, 2.24) is 9.97 Å². The van der Waals surface area contributed by atoms with Crippen LogP contribution in [0.3, 0.4) is 0 Å². The molecular weight excluding hydrogens is 253 g/mol. The lowest BCUT2D eigenvalue weighted by Gasteiger charge is -2.00. The average Bonchev–Trinajstić information content (AvgIpc) is 2.60. The van der Waals surface area contributed by atoms with Gasteiger partial charge in [0.05, 0.1) is 5.69 Å². The molecule has 1 heterocycles. The molecule has 0 amide bonds.